The third-order valence-corrected chi connectivity index (χ3v) is 4.71. The first-order valence-electron chi connectivity index (χ1n) is 8.99. The van der Waals surface area contributed by atoms with Crippen molar-refractivity contribution in [2.24, 2.45) is 0 Å². The molecule has 0 saturated carbocycles. The van der Waals surface area contributed by atoms with Gasteiger partial charge >= 0.3 is 0 Å². The number of rotatable bonds is 13. The van der Waals surface area contributed by atoms with Gasteiger partial charge in [-0.2, -0.15) is 0 Å². The Morgan fingerprint density at radius 3 is 2.11 bits per heavy atom. The van der Waals surface area contributed by atoms with Gasteiger partial charge in [0.1, 0.15) is 22.6 Å². The van der Waals surface area contributed by atoms with Gasteiger partial charge in [0, 0.05) is 6.61 Å². The van der Waals surface area contributed by atoms with Crippen LogP contribution in [0.25, 0.3) is 0 Å². The van der Waals surface area contributed by atoms with Crippen LogP contribution in [0, 0.1) is 0 Å². The molecule has 3 nitrogen and oxygen atoms in total. The van der Waals surface area contributed by atoms with Crippen LogP contribution < -0.4 is 9.47 Å². The number of hydrogen-bond donors (Lipinski definition) is 0. The number of halogens is 4. The number of ether oxygens (including phenoxy) is 3. The first-order chi connectivity index (χ1) is 13.0. The molecule has 1 rings (SSSR count). The highest BCUT2D eigenvalue weighted by Gasteiger charge is 2.11. The lowest BCUT2D eigenvalue weighted by molar-refractivity contribution is 0.152. The zero-order valence-corrected chi connectivity index (χ0v) is 20.4. The zero-order valence-electron chi connectivity index (χ0n) is 15.7. The van der Waals surface area contributed by atoms with E-state index in [9.17, 15) is 0 Å². The highest BCUT2D eigenvalue weighted by atomic mass is 79.9. The molecular formula is C20H26Br2Cl2O3. The third kappa shape index (κ3) is 10.8. The molecule has 0 aliphatic heterocycles. The summed E-state index contributed by atoms with van der Waals surface area (Å²) in [4.78, 5) is 0. The molecule has 0 N–H and O–H groups in total. The first-order valence-corrected chi connectivity index (χ1v) is 11.3. The molecule has 0 unspecified atom stereocenters. The molecule has 0 fully saturated rings. The van der Waals surface area contributed by atoms with E-state index >= 15 is 0 Å². The molecule has 0 heterocycles. The second kappa shape index (κ2) is 14.7. The first kappa shape index (κ1) is 24.8. The number of hydrogen-bond acceptors (Lipinski definition) is 3. The van der Waals surface area contributed by atoms with Crippen molar-refractivity contribution in [3.05, 3.63) is 43.3 Å². The Hall–Kier alpha value is -0.200. The molecule has 0 aliphatic carbocycles. The Morgan fingerprint density at radius 1 is 0.926 bits per heavy atom. The number of aryl methyl sites for hydroxylation is 2. The summed E-state index contributed by atoms with van der Waals surface area (Å²) in [5.41, 5.74) is 2.29. The van der Waals surface area contributed by atoms with Crippen LogP contribution in [0.2, 0.25) is 0 Å². The van der Waals surface area contributed by atoms with Crippen molar-refractivity contribution < 1.29 is 14.2 Å². The van der Waals surface area contributed by atoms with E-state index in [2.05, 4.69) is 45.7 Å². The van der Waals surface area contributed by atoms with Crippen LogP contribution in [-0.2, 0) is 17.6 Å². The lowest BCUT2D eigenvalue weighted by atomic mass is 10.0. The summed E-state index contributed by atoms with van der Waals surface area (Å²) in [6.45, 7) is 6.56. The van der Waals surface area contributed by atoms with Crippen LogP contribution in [0.15, 0.2) is 32.2 Å². The molecule has 0 aliphatic rings. The summed E-state index contributed by atoms with van der Waals surface area (Å²) < 4.78 is 18.5. The van der Waals surface area contributed by atoms with Gasteiger partial charge in [-0.05, 0) is 93.0 Å². The topological polar surface area (TPSA) is 27.7 Å². The average Bonchev–Trinajstić information content (AvgIpc) is 2.63. The molecule has 0 amide bonds. The van der Waals surface area contributed by atoms with Crippen molar-refractivity contribution in [2.45, 2.75) is 39.5 Å². The minimum atomic E-state index is 0.209. The third-order valence-electron chi connectivity index (χ3n) is 3.75. The summed E-state index contributed by atoms with van der Waals surface area (Å²) in [5.74, 6) is 1.78. The smallest absolute Gasteiger partial charge is 0.125 e. The molecule has 0 saturated heterocycles. The van der Waals surface area contributed by atoms with Gasteiger partial charge in [-0.15, -0.1) is 0 Å². The van der Waals surface area contributed by atoms with Crippen LogP contribution in [-0.4, -0.2) is 26.4 Å². The largest absolute Gasteiger partial charge is 0.493 e. The van der Waals surface area contributed by atoms with E-state index in [0.717, 1.165) is 58.3 Å². The normalized spacial score (nSPS) is 10.4. The summed E-state index contributed by atoms with van der Waals surface area (Å²) in [6, 6.07) is 4.05. The van der Waals surface area contributed by atoms with Crippen molar-refractivity contribution in [3.8, 4) is 11.5 Å². The fourth-order valence-electron chi connectivity index (χ4n) is 2.40. The Bertz CT molecular complexity index is 601. The van der Waals surface area contributed by atoms with Gasteiger partial charge < -0.3 is 14.2 Å². The van der Waals surface area contributed by atoms with E-state index in [4.69, 9.17) is 37.4 Å². The fourth-order valence-corrected chi connectivity index (χ4v) is 2.79. The van der Waals surface area contributed by atoms with E-state index in [0.29, 0.717) is 19.8 Å². The van der Waals surface area contributed by atoms with Crippen LogP contribution in [0.1, 0.15) is 37.8 Å². The monoisotopic (exact) mass is 542 g/mol. The van der Waals surface area contributed by atoms with E-state index in [1.165, 1.54) is 0 Å². The Balaban J connectivity index is 2.55. The molecule has 1 aromatic carbocycles. The summed E-state index contributed by atoms with van der Waals surface area (Å²) in [5, 5.41) is 0. The predicted molar refractivity (Wildman–Crippen MR) is 122 cm³/mol. The molecule has 0 radical (unpaired) electrons. The van der Waals surface area contributed by atoms with E-state index in [1.807, 2.05) is 18.2 Å². The van der Waals surface area contributed by atoms with Gasteiger partial charge in [-0.25, -0.2) is 0 Å². The van der Waals surface area contributed by atoms with Crippen LogP contribution in [0.5, 0.6) is 11.5 Å². The van der Waals surface area contributed by atoms with Crippen LogP contribution in [0.3, 0.4) is 0 Å². The Kier molecular flexibility index (Phi) is 13.6. The van der Waals surface area contributed by atoms with Gasteiger partial charge in [-0.3, -0.25) is 0 Å². The Morgan fingerprint density at radius 2 is 1.56 bits per heavy atom. The molecule has 0 aromatic heterocycles. The maximum Gasteiger partial charge on any atom is 0.125 e. The van der Waals surface area contributed by atoms with Crippen molar-refractivity contribution in [1.82, 2.24) is 0 Å². The average molecular weight is 545 g/mol. The van der Waals surface area contributed by atoms with E-state index < -0.39 is 0 Å². The molecule has 1 aromatic rings. The minimum Gasteiger partial charge on any atom is -0.493 e. The standard InChI is InChI=1S/C20H26Br2Cl2O3/c1-3-15-13-17(26-12-8-19(23)24)14-16(4-2)20(15)27-10-6-5-9-25-11-7-18(21)22/h7-8,13-14H,3-6,9-12H2,1-2H3. The highest BCUT2D eigenvalue weighted by molar-refractivity contribution is 9.28. The van der Waals surface area contributed by atoms with Crippen LogP contribution >= 0.6 is 55.1 Å². The second-order valence-electron chi connectivity index (χ2n) is 5.71. The van der Waals surface area contributed by atoms with Crippen molar-refractivity contribution in [3.63, 3.8) is 0 Å². The molecule has 0 spiro atoms. The van der Waals surface area contributed by atoms with Gasteiger partial charge in [0.15, 0.2) is 0 Å². The van der Waals surface area contributed by atoms with Gasteiger partial charge in [0.05, 0.1) is 16.6 Å². The van der Waals surface area contributed by atoms with E-state index in [1.54, 1.807) is 6.08 Å². The minimum absolute atomic E-state index is 0.209. The number of unbranched alkanes of at least 4 members (excludes halogenated alkanes) is 1. The number of benzene rings is 1. The summed E-state index contributed by atoms with van der Waals surface area (Å²) >= 11 is 17.8. The molecule has 7 heteroatoms. The second-order valence-corrected chi connectivity index (χ2v) is 9.49. The molecule has 0 atom stereocenters. The van der Waals surface area contributed by atoms with Crippen LogP contribution in [0.4, 0.5) is 0 Å². The predicted octanol–water partition coefficient (Wildman–Crippen LogP) is 7.32. The van der Waals surface area contributed by atoms with Gasteiger partial charge in [0.2, 0.25) is 0 Å². The fraction of sp³-hybridized carbons (Fsp3) is 0.500. The maximum absolute atomic E-state index is 6.10. The summed E-state index contributed by atoms with van der Waals surface area (Å²) in [6.07, 6.45) is 7.22. The SMILES string of the molecule is CCc1cc(OCC=C(Cl)Cl)cc(CC)c1OCCCCOCC=C(Br)Br. The maximum atomic E-state index is 6.10. The molecular weight excluding hydrogens is 519 g/mol. The lowest BCUT2D eigenvalue weighted by Crippen LogP contribution is -2.06. The highest BCUT2D eigenvalue weighted by Crippen LogP contribution is 2.31. The van der Waals surface area contributed by atoms with Gasteiger partial charge in [0.25, 0.3) is 0 Å². The summed E-state index contributed by atoms with van der Waals surface area (Å²) in [7, 11) is 0. The Labute approximate surface area is 189 Å². The van der Waals surface area contributed by atoms with Crippen molar-refractivity contribution in [2.75, 3.05) is 26.4 Å². The van der Waals surface area contributed by atoms with Crippen molar-refractivity contribution >= 4 is 55.1 Å². The molecule has 152 valence electrons. The molecule has 27 heavy (non-hydrogen) atoms. The van der Waals surface area contributed by atoms with E-state index in [-0.39, 0.29) is 4.49 Å². The van der Waals surface area contributed by atoms with Crippen molar-refractivity contribution in [1.29, 1.82) is 0 Å². The molecule has 0 bridgehead atoms. The lowest BCUT2D eigenvalue weighted by Gasteiger charge is -2.17. The van der Waals surface area contributed by atoms with Gasteiger partial charge in [-0.1, -0.05) is 37.0 Å². The quantitative estimate of drug-likeness (QED) is 0.244. The zero-order chi connectivity index (χ0) is 20.1.